The van der Waals surface area contributed by atoms with Gasteiger partial charge < -0.3 is 10.0 Å². The predicted molar refractivity (Wildman–Crippen MR) is 89.1 cm³/mol. The van der Waals surface area contributed by atoms with E-state index in [1.165, 1.54) is 6.33 Å². The van der Waals surface area contributed by atoms with Gasteiger partial charge in [-0.15, -0.1) is 5.10 Å². The number of carboxylic acid groups (broad SMARTS) is 1. The van der Waals surface area contributed by atoms with Crippen molar-refractivity contribution in [2.24, 2.45) is 0 Å². The standard InChI is InChI=1S/C17H21N5O3/c23-16(21-10-2-1-3-14(21)8-9-17(24)25)11-13-4-6-15(7-5-13)22-12-18-19-20-22/h4-7,12,14H,1-3,8-11H2,(H,24,25)/t14-/m0/s1. The van der Waals surface area contributed by atoms with Crippen LogP contribution in [0.1, 0.15) is 37.7 Å². The van der Waals surface area contributed by atoms with E-state index >= 15 is 0 Å². The number of tetrazole rings is 1. The molecule has 132 valence electrons. The van der Waals surface area contributed by atoms with Crippen molar-refractivity contribution in [1.29, 1.82) is 0 Å². The molecule has 1 aliphatic heterocycles. The van der Waals surface area contributed by atoms with E-state index in [-0.39, 0.29) is 18.4 Å². The normalized spacial score (nSPS) is 17.4. The number of likely N-dealkylation sites (tertiary alicyclic amines) is 1. The number of carbonyl (C=O) groups is 2. The van der Waals surface area contributed by atoms with E-state index in [1.54, 1.807) is 4.68 Å². The van der Waals surface area contributed by atoms with Gasteiger partial charge in [0.2, 0.25) is 5.91 Å². The number of piperidine rings is 1. The fraction of sp³-hybridized carbons (Fsp3) is 0.471. The Morgan fingerprint density at radius 3 is 2.68 bits per heavy atom. The molecule has 1 aliphatic rings. The van der Waals surface area contributed by atoms with Crippen LogP contribution in [0.4, 0.5) is 0 Å². The van der Waals surface area contributed by atoms with Gasteiger partial charge in [0.25, 0.3) is 0 Å². The van der Waals surface area contributed by atoms with Crippen molar-refractivity contribution < 1.29 is 14.7 Å². The Balaban J connectivity index is 1.62. The molecule has 2 aromatic rings. The average molecular weight is 343 g/mol. The Bertz CT molecular complexity index is 714. The largest absolute Gasteiger partial charge is 0.481 e. The third-order valence-electron chi connectivity index (χ3n) is 4.54. The highest BCUT2D eigenvalue weighted by atomic mass is 16.4. The van der Waals surface area contributed by atoms with Crippen LogP contribution in [0.5, 0.6) is 0 Å². The van der Waals surface area contributed by atoms with Gasteiger partial charge in [-0.05, 0) is 53.8 Å². The molecular formula is C17H21N5O3. The van der Waals surface area contributed by atoms with E-state index < -0.39 is 5.97 Å². The Morgan fingerprint density at radius 1 is 1.20 bits per heavy atom. The van der Waals surface area contributed by atoms with E-state index in [4.69, 9.17) is 5.11 Å². The van der Waals surface area contributed by atoms with Crippen molar-refractivity contribution in [3.63, 3.8) is 0 Å². The van der Waals surface area contributed by atoms with Crippen LogP contribution < -0.4 is 0 Å². The van der Waals surface area contributed by atoms with Crippen molar-refractivity contribution in [2.75, 3.05) is 6.54 Å². The topological polar surface area (TPSA) is 101 Å². The lowest BCUT2D eigenvalue weighted by atomic mass is 9.97. The summed E-state index contributed by atoms with van der Waals surface area (Å²) in [7, 11) is 0. The molecule has 1 amide bonds. The van der Waals surface area contributed by atoms with Crippen LogP contribution in [-0.4, -0.2) is 54.7 Å². The number of hydrogen-bond donors (Lipinski definition) is 1. The number of carbonyl (C=O) groups excluding carboxylic acids is 1. The number of amides is 1. The van der Waals surface area contributed by atoms with Crippen molar-refractivity contribution >= 4 is 11.9 Å². The van der Waals surface area contributed by atoms with Crippen LogP contribution in [0, 0.1) is 0 Å². The quantitative estimate of drug-likeness (QED) is 0.852. The minimum Gasteiger partial charge on any atom is -0.481 e. The summed E-state index contributed by atoms with van der Waals surface area (Å²) in [6, 6.07) is 7.57. The molecule has 0 radical (unpaired) electrons. The lowest BCUT2D eigenvalue weighted by Gasteiger charge is -2.35. The zero-order valence-corrected chi connectivity index (χ0v) is 13.9. The molecule has 1 saturated heterocycles. The number of benzene rings is 1. The molecule has 8 heteroatoms. The summed E-state index contributed by atoms with van der Waals surface area (Å²) in [5.41, 5.74) is 1.75. The number of rotatable bonds is 6. The maximum atomic E-state index is 12.7. The first-order valence-corrected chi connectivity index (χ1v) is 8.47. The van der Waals surface area contributed by atoms with E-state index in [0.717, 1.165) is 30.5 Å². The second-order valence-electron chi connectivity index (χ2n) is 6.27. The second kappa shape index (κ2) is 7.87. The van der Waals surface area contributed by atoms with Gasteiger partial charge >= 0.3 is 5.97 Å². The minimum absolute atomic E-state index is 0.0397. The van der Waals surface area contributed by atoms with Gasteiger partial charge in [-0.1, -0.05) is 12.1 Å². The summed E-state index contributed by atoms with van der Waals surface area (Å²) < 4.78 is 1.55. The second-order valence-corrected chi connectivity index (χ2v) is 6.27. The number of aromatic nitrogens is 4. The van der Waals surface area contributed by atoms with Crippen molar-refractivity contribution in [1.82, 2.24) is 25.1 Å². The Hall–Kier alpha value is -2.77. The Labute approximate surface area is 145 Å². The fourth-order valence-corrected chi connectivity index (χ4v) is 3.24. The zero-order valence-electron chi connectivity index (χ0n) is 13.9. The average Bonchev–Trinajstić information content (AvgIpc) is 3.15. The highest BCUT2D eigenvalue weighted by molar-refractivity contribution is 5.79. The third kappa shape index (κ3) is 4.40. The van der Waals surface area contributed by atoms with Crippen molar-refractivity contribution in [3.05, 3.63) is 36.2 Å². The first-order chi connectivity index (χ1) is 12.1. The smallest absolute Gasteiger partial charge is 0.303 e. The molecule has 0 bridgehead atoms. The predicted octanol–water partition coefficient (Wildman–Crippen LogP) is 1.45. The summed E-state index contributed by atoms with van der Waals surface area (Å²) in [5.74, 6) is -0.749. The van der Waals surface area contributed by atoms with Gasteiger partial charge in [0.1, 0.15) is 6.33 Å². The highest BCUT2D eigenvalue weighted by Gasteiger charge is 2.26. The summed E-state index contributed by atoms with van der Waals surface area (Å²) >= 11 is 0. The highest BCUT2D eigenvalue weighted by Crippen LogP contribution is 2.22. The molecule has 0 aliphatic carbocycles. The van der Waals surface area contributed by atoms with E-state index in [0.29, 0.717) is 19.4 Å². The number of aliphatic carboxylic acids is 1. The van der Waals surface area contributed by atoms with Crippen LogP contribution in [0.15, 0.2) is 30.6 Å². The molecule has 1 atom stereocenters. The Morgan fingerprint density at radius 2 is 2.00 bits per heavy atom. The number of nitrogens with zero attached hydrogens (tertiary/aromatic N) is 5. The molecule has 25 heavy (non-hydrogen) atoms. The number of hydrogen-bond acceptors (Lipinski definition) is 5. The molecule has 8 nitrogen and oxygen atoms in total. The van der Waals surface area contributed by atoms with Gasteiger partial charge in [0.05, 0.1) is 12.1 Å². The maximum absolute atomic E-state index is 12.7. The molecule has 0 spiro atoms. The van der Waals surface area contributed by atoms with Gasteiger partial charge in [0.15, 0.2) is 0 Å². The first kappa shape index (κ1) is 17.1. The molecule has 1 aromatic carbocycles. The van der Waals surface area contributed by atoms with Crippen LogP contribution in [-0.2, 0) is 16.0 Å². The van der Waals surface area contributed by atoms with Gasteiger partial charge in [-0.25, -0.2) is 4.68 Å². The molecule has 1 fully saturated rings. The van der Waals surface area contributed by atoms with Crippen molar-refractivity contribution in [2.45, 2.75) is 44.6 Å². The van der Waals surface area contributed by atoms with Gasteiger partial charge in [-0.2, -0.15) is 0 Å². The molecule has 3 rings (SSSR count). The van der Waals surface area contributed by atoms with Gasteiger partial charge in [-0.3, -0.25) is 9.59 Å². The van der Waals surface area contributed by atoms with Crippen LogP contribution in [0.3, 0.4) is 0 Å². The fourth-order valence-electron chi connectivity index (χ4n) is 3.24. The van der Waals surface area contributed by atoms with Crippen LogP contribution >= 0.6 is 0 Å². The molecule has 1 aromatic heterocycles. The third-order valence-corrected chi connectivity index (χ3v) is 4.54. The SMILES string of the molecule is O=C(O)CC[C@@H]1CCCCN1C(=O)Cc1ccc(-n2cnnn2)cc1. The minimum atomic E-state index is -0.809. The molecule has 1 N–H and O–H groups in total. The molecule has 2 heterocycles. The summed E-state index contributed by atoms with van der Waals surface area (Å²) in [5, 5.41) is 19.9. The molecule has 0 unspecified atom stereocenters. The zero-order chi connectivity index (χ0) is 17.6. The summed E-state index contributed by atoms with van der Waals surface area (Å²) in [4.78, 5) is 25.4. The molecule has 0 saturated carbocycles. The monoisotopic (exact) mass is 343 g/mol. The molecular weight excluding hydrogens is 322 g/mol. The van der Waals surface area contributed by atoms with E-state index in [9.17, 15) is 9.59 Å². The lowest BCUT2D eigenvalue weighted by molar-refractivity contribution is -0.139. The summed E-state index contributed by atoms with van der Waals surface area (Å²) in [6.45, 7) is 0.714. The summed E-state index contributed by atoms with van der Waals surface area (Å²) in [6.07, 6.45) is 5.38. The number of carboxylic acids is 1. The van der Waals surface area contributed by atoms with Crippen LogP contribution in [0.25, 0.3) is 5.69 Å². The van der Waals surface area contributed by atoms with Crippen molar-refractivity contribution in [3.8, 4) is 5.69 Å². The van der Waals surface area contributed by atoms with E-state index in [2.05, 4.69) is 15.5 Å². The Kier molecular flexibility index (Phi) is 5.37. The van der Waals surface area contributed by atoms with E-state index in [1.807, 2.05) is 29.2 Å². The lowest BCUT2D eigenvalue weighted by Crippen LogP contribution is -2.44. The first-order valence-electron chi connectivity index (χ1n) is 8.47. The maximum Gasteiger partial charge on any atom is 0.303 e. The van der Waals surface area contributed by atoms with Gasteiger partial charge in [0, 0.05) is 19.0 Å². The van der Waals surface area contributed by atoms with Crippen LogP contribution in [0.2, 0.25) is 0 Å².